The second-order valence-corrected chi connectivity index (χ2v) is 11.9. The van der Waals surface area contributed by atoms with Crippen molar-refractivity contribution in [3.63, 3.8) is 0 Å². The molecule has 0 aromatic heterocycles. The van der Waals surface area contributed by atoms with Crippen LogP contribution >= 0.6 is 0 Å². The Kier molecular flexibility index (Phi) is 39.2. The third-order valence-corrected chi connectivity index (χ3v) is 7.95. The van der Waals surface area contributed by atoms with Gasteiger partial charge in [0.15, 0.2) is 12.6 Å². The molecule has 5 heteroatoms. The third kappa shape index (κ3) is 31.5. The molecule has 0 spiro atoms. The van der Waals surface area contributed by atoms with E-state index in [0.717, 1.165) is 39.1 Å². The molecule has 2 aliphatic heterocycles. The molecule has 0 radical (unpaired) electrons. The maximum atomic E-state index is 5.74. The van der Waals surface area contributed by atoms with Crippen molar-refractivity contribution < 1.29 is 39.4 Å². The topological polar surface area (TPSA) is 36.9 Å². The van der Waals surface area contributed by atoms with Crippen molar-refractivity contribution in [3.8, 4) is 11.8 Å². The molecule has 0 bridgehead atoms. The molecule has 0 aromatic carbocycles. The summed E-state index contributed by atoms with van der Waals surface area (Å²) in [5.74, 6) is 6.30. The van der Waals surface area contributed by atoms with Crippen LogP contribution in [-0.4, -0.2) is 39.0 Å². The standard InChI is InChI=1S/C18H36O2.C18H32O2.CH3.Pd/c2*1-2-3-4-5-6-7-8-9-10-11-13-16-19-18-15-12-14-17-20-18;;/h18H,2-17H2,1H3;18H,2-10,12,14-17H2,1H3;1H3;/q;;-1;. The van der Waals surface area contributed by atoms with Gasteiger partial charge < -0.3 is 26.4 Å². The molecule has 2 fully saturated rings. The van der Waals surface area contributed by atoms with Gasteiger partial charge in [-0.2, -0.15) is 0 Å². The fourth-order valence-corrected chi connectivity index (χ4v) is 5.29. The second kappa shape index (κ2) is 37.3. The number of unbranched alkanes of at least 4 members (excludes halogenated alkanes) is 18. The molecule has 4 nitrogen and oxygen atoms in total. The zero-order valence-electron chi connectivity index (χ0n) is 28.3. The molecular weight excluding hydrogens is 615 g/mol. The summed E-state index contributed by atoms with van der Waals surface area (Å²) in [4.78, 5) is 0. The van der Waals surface area contributed by atoms with E-state index >= 15 is 0 Å². The third-order valence-electron chi connectivity index (χ3n) is 7.95. The van der Waals surface area contributed by atoms with Crippen molar-refractivity contribution in [2.24, 2.45) is 0 Å². The van der Waals surface area contributed by atoms with E-state index < -0.39 is 0 Å². The van der Waals surface area contributed by atoms with Crippen LogP contribution in [0.4, 0.5) is 0 Å². The van der Waals surface area contributed by atoms with Gasteiger partial charge >= 0.3 is 0 Å². The van der Waals surface area contributed by atoms with Crippen molar-refractivity contribution in [2.75, 3.05) is 26.4 Å². The Hall–Kier alpha value is 0.0623. The van der Waals surface area contributed by atoms with E-state index in [4.69, 9.17) is 18.9 Å². The molecule has 2 rings (SSSR count). The first-order chi connectivity index (χ1) is 19.9. The van der Waals surface area contributed by atoms with E-state index in [0.29, 0.717) is 6.61 Å². The van der Waals surface area contributed by atoms with Gasteiger partial charge in [-0.25, -0.2) is 0 Å². The maximum Gasteiger partial charge on any atom is 0.158 e. The van der Waals surface area contributed by atoms with Crippen LogP contribution < -0.4 is 0 Å². The van der Waals surface area contributed by atoms with Crippen LogP contribution in [0.25, 0.3) is 0 Å². The quantitative estimate of drug-likeness (QED) is 0.0464. The molecule has 0 aliphatic carbocycles. The summed E-state index contributed by atoms with van der Waals surface area (Å²) in [6.45, 7) is 7.70. The van der Waals surface area contributed by atoms with E-state index in [1.54, 1.807) is 0 Å². The first-order valence-electron chi connectivity index (χ1n) is 17.8. The maximum absolute atomic E-state index is 5.74. The Morgan fingerprint density at radius 2 is 0.952 bits per heavy atom. The first kappa shape index (κ1) is 44.2. The smallest absolute Gasteiger partial charge is 0.158 e. The molecular formula is C37H71O4Pd-. The molecule has 2 aliphatic rings. The fraction of sp³-hybridized carbons (Fsp3) is 0.919. The van der Waals surface area contributed by atoms with E-state index in [2.05, 4.69) is 25.7 Å². The molecule has 0 amide bonds. The SMILES string of the molecule is CCCCCCCCCCC#CCOC1CCCCO1.CCCCCCCCCCCCCOC1CCCCO1.[CH3-].[Pd]. The van der Waals surface area contributed by atoms with E-state index in [-0.39, 0.29) is 40.4 Å². The minimum absolute atomic E-state index is 0. The molecule has 2 saturated heterocycles. The van der Waals surface area contributed by atoms with Gasteiger partial charge in [0, 0.05) is 46.7 Å². The Labute approximate surface area is 277 Å². The van der Waals surface area contributed by atoms with Crippen molar-refractivity contribution in [2.45, 2.75) is 193 Å². The van der Waals surface area contributed by atoms with Crippen LogP contribution in [0, 0.1) is 19.3 Å². The van der Waals surface area contributed by atoms with Crippen molar-refractivity contribution in [1.82, 2.24) is 0 Å². The number of hydrogen-bond acceptors (Lipinski definition) is 4. The zero-order chi connectivity index (χ0) is 28.6. The molecule has 42 heavy (non-hydrogen) atoms. The summed E-state index contributed by atoms with van der Waals surface area (Å²) < 4.78 is 22.4. The average Bonchev–Trinajstić information content (AvgIpc) is 3.00. The van der Waals surface area contributed by atoms with Gasteiger partial charge in [0.25, 0.3) is 0 Å². The summed E-state index contributed by atoms with van der Waals surface area (Å²) in [6.07, 6.45) is 34.3. The van der Waals surface area contributed by atoms with Crippen molar-refractivity contribution >= 4 is 0 Å². The molecule has 254 valence electrons. The van der Waals surface area contributed by atoms with E-state index in [9.17, 15) is 0 Å². The minimum Gasteiger partial charge on any atom is -0.358 e. The Morgan fingerprint density at radius 1 is 0.524 bits per heavy atom. The Bertz CT molecular complexity index is 550. The van der Waals surface area contributed by atoms with Crippen LogP contribution in [0.1, 0.15) is 181 Å². The first-order valence-corrected chi connectivity index (χ1v) is 17.8. The summed E-state index contributed by atoms with van der Waals surface area (Å²) in [5.41, 5.74) is 0. The van der Waals surface area contributed by atoms with Gasteiger partial charge in [-0.05, 0) is 51.4 Å². The Morgan fingerprint density at radius 3 is 1.40 bits per heavy atom. The molecule has 0 N–H and O–H groups in total. The van der Waals surface area contributed by atoms with Gasteiger partial charge in [-0.3, -0.25) is 0 Å². The predicted molar refractivity (Wildman–Crippen MR) is 177 cm³/mol. The van der Waals surface area contributed by atoms with Crippen molar-refractivity contribution in [3.05, 3.63) is 7.43 Å². The van der Waals surface area contributed by atoms with Gasteiger partial charge in [0.2, 0.25) is 0 Å². The van der Waals surface area contributed by atoms with Crippen LogP contribution in [0.2, 0.25) is 0 Å². The fourth-order valence-electron chi connectivity index (χ4n) is 5.29. The monoisotopic (exact) mass is 685 g/mol. The normalized spacial score (nSPS) is 18.0. The van der Waals surface area contributed by atoms with Crippen molar-refractivity contribution in [1.29, 1.82) is 0 Å². The summed E-state index contributed by atoms with van der Waals surface area (Å²) >= 11 is 0. The van der Waals surface area contributed by atoms with Crippen LogP contribution in [0.3, 0.4) is 0 Å². The number of ether oxygens (including phenoxy) is 4. The van der Waals surface area contributed by atoms with Gasteiger partial charge in [0.1, 0.15) is 6.61 Å². The average molecular weight is 686 g/mol. The van der Waals surface area contributed by atoms with E-state index in [1.807, 2.05) is 0 Å². The second-order valence-electron chi connectivity index (χ2n) is 11.9. The minimum atomic E-state index is 0. The largest absolute Gasteiger partial charge is 0.358 e. The molecule has 0 aromatic rings. The Balaban J connectivity index is 0. The molecule has 2 heterocycles. The van der Waals surface area contributed by atoms with Gasteiger partial charge in [-0.1, -0.05) is 129 Å². The van der Waals surface area contributed by atoms with Gasteiger partial charge in [0.05, 0.1) is 0 Å². The number of rotatable bonds is 23. The van der Waals surface area contributed by atoms with Crippen LogP contribution in [0.5, 0.6) is 0 Å². The summed E-state index contributed by atoms with van der Waals surface area (Å²) in [7, 11) is 0. The van der Waals surface area contributed by atoms with E-state index in [1.165, 1.54) is 148 Å². The summed E-state index contributed by atoms with van der Waals surface area (Å²) in [6, 6.07) is 0. The summed E-state index contributed by atoms with van der Waals surface area (Å²) in [5, 5.41) is 0. The van der Waals surface area contributed by atoms with Crippen LogP contribution in [0.15, 0.2) is 0 Å². The predicted octanol–water partition coefficient (Wildman–Crippen LogP) is 11.4. The molecule has 2 unspecified atom stereocenters. The van der Waals surface area contributed by atoms with Crippen LogP contribution in [-0.2, 0) is 39.4 Å². The van der Waals surface area contributed by atoms with Gasteiger partial charge in [-0.15, -0.1) is 5.92 Å². The molecule has 2 atom stereocenters. The number of hydrogen-bond donors (Lipinski definition) is 0. The molecule has 0 saturated carbocycles. The zero-order valence-corrected chi connectivity index (χ0v) is 29.9.